The largest absolute Gasteiger partial charge is 0.337 e. The van der Waals surface area contributed by atoms with E-state index in [1.54, 1.807) is 0 Å². The predicted molar refractivity (Wildman–Crippen MR) is 120 cm³/mol. The highest BCUT2D eigenvalue weighted by Crippen LogP contribution is 2.36. The van der Waals surface area contributed by atoms with Crippen LogP contribution in [0.15, 0.2) is 84.1 Å². The van der Waals surface area contributed by atoms with Crippen LogP contribution in [0.4, 0.5) is 0 Å². The highest BCUT2D eigenvalue weighted by atomic mass is 35.5. The minimum atomic E-state index is 0.719. The summed E-state index contributed by atoms with van der Waals surface area (Å²) in [6.07, 6.45) is 3.65. The van der Waals surface area contributed by atoms with Crippen molar-refractivity contribution < 1.29 is 0 Å². The molecule has 5 rings (SSSR count). The van der Waals surface area contributed by atoms with E-state index in [2.05, 4.69) is 27.8 Å². The third-order valence-electron chi connectivity index (χ3n) is 5.16. The van der Waals surface area contributed by atoms with Crippen LogP contribution >= 0.6 is 23.2 Å². The molecule has 0 aliphatic carbocycles. The number of rotatable bonds is 3. The minimum Gasteiger partial charge on any atom is -0.337 e. The number of hydrogen-bond donors (Lipinski definition) is 0. The van der Waals surface area contributed by atoms with Crippen LogP contribution in [0.1, 0.15) is 11.3 Å². The Kier molecular flexibility index (Phi) is 4.70. The van der Waals surface area contributed by atoms with Gasteiger partial charge in [0.2, 0.25) is 0 Å². The number of hydrogen-bond acceptors (Lipinski definition) is 2. The van der Waals surface area contributed by atoms with Crippen molar-refractivity contribution in [1.29, 1.82) is 0 Å². The summed E-state index contributed by atoms with van der Waals surface area (Å²) in [4.78, 5) is 9.07. The van der Waals surface area contributed by atoms with Gasteiger partial charge in [0.05, 0.1) is 18.0 Å². The molecule has 3 nitrogen and oxygen atoms in total. The molecule has 0 fully saturated rings. The summed E-state index contributed by atoms with van der Waals surface area (Å²) in [5.41, 5.74) is 7.72. The van der Waals surface area contributed by atoms with Gasteiger partial charge in [-0.2, -0.15) is 0 Å². The number of fused-ring (bicyclic) bond motifs is 1. The van der Waals surface area contributed by atoms with E-state index in [1.165, 1.54) is 0 Å². The molecule has 142 valence electrons. The summed E-state index contributed by atoms with van der Waals surface area (Å²) in [6, 6.07) is 22.2. The van der Waals surface area contributed by atoms with Crippen LogP contribution in [-0.2, 0) is 6.54 Å². The van der Waals surface area contributed by atoms with Crippen molar-refractivity contribution in [3.05, 3.63) is 100 Å². The first-order valence-electron chi connectivity index (χ1n) is 9.41. The molecule has 0 saturated carbocycles. The lowest BCUT2D eigenvalue weighted by atomic mass is 9.99. The third-order valence-corrected chi connectivity index (χ3v) is 5.67. The van der Waals surface area contributed by atoms with E-state index in [1.807, 2.05) is 60.9 Å². The van der Waals surface area contributed by atoms with Crippen LogP contribution in [0.5, 0.6) is 0 Å². The molecule has 0 radical (unpaired) electrons. The first-order chi connectivity index (χ1) is 14.2. The Hall–Kier alpha value is -2.88. The molecule has 0 unspecified atom stereocenters. The molecule has 0 atom stereocenters. The maximum absolute atomic E-state index is 6.12. The van der Waals surface area contributed by atoms with Gasteiger partial charge >= 0.3 is 0 Å². The quantitative estimate of drug-likeness (QED) is 0.380. The van der Waals surface area contributed by atoms with E-state index in [0.29, 0.717) is 0 Å². The van der Waals surface area contributed by atoms with Crippen LogP contribution in [-0.4, -0.2) is 21.8 Å². The van der Waals surface area contributed by atoms with Gasteiger partial charge in [0, 0.05) is 45.8 Å². The van der Waals surface area contributed by atoms with Gasteiger partial charge in [-0.1, -0.05) is 47.5 Å². The van der Waals surface area contributed by atoms with Crippen molar-refractivity contribution in [1.82, 2.24) is 9.55 Å². The molecular formula is C24H17Cl2N3. The monoisotopic (exact) mass is 417 g/mol. The molecule has 0 amide bonds. The molecule has 1 aliphatic rings. The molecule has 0 N–H and O–H groups in total. The van der Waals surface area contributed by atoms with Crippen LogP contribution in [0.25, 0.3) is 22.4 Å². The Morgan fingerprint density at radius 2 is 1.34 bits per heavy atom. The molecular weight excluding hydrogens is 401 g/mol. The van der Waals surface area contributed by atoms with Crippen molar-refractivity contribution in [3.63, 3.8) is 0 Å². The fourth-order valence-corrected chi connectivity index (χ4v) is 4.07. The van der Waals surface area contributed by atoms with Crippen LogP contribution in [0, 0.1) is 0 Å². The average Bonchev–Trinajstić information content (AvgIpc) is 3.15. The zero-order valence-electron chi connectivity index (χ0n) is 15.5. The Morgan fingerprint density at radius 3 is 2.00 bits per heavy atom. The highest BCUT2D eigenvalue weighted by molar-refractivity contribution is 6.31. The Bertz CT molecular complexity index is 1190. The Morgan fingerprint density at radius 1 is 0.724 bits per heavy atom. The van der Waals surface area contributed by atoms with Gasteiger partial charge in [0.25, 0.3) is 0 Å². The van der Waals surface area contributed by atoms with E-state index >= 15 is 0 Å². The topological polar surface area (TPSA) is 30.2 Å². The molecule has 0 spiro atoms. The lowest BCUT2D eigenvalue weighted by Gasteiger charge is -2.20. The number of nitrogens with zero attached hydrogens (tertiary/aromatic N) is 3. The van der Waals surface area contributed by atoms with Gasteiger partial charge < -0.3 is 4.57 Å². The lowest BCUT2D eigenvalue weighted by molar-refractivity contribution is 0.697. The minimum absolute atomic E-state index is 0.719. The number of halogens is 2. The van der Waals surface area contributed by atoms with E-state index < -0.39 is 0 Å². The molecule has 2 aromatic heterocycles. The van der Waals surface area contributed by atoms with Crippen LogP contribution in [0.3, 0.4) is 0 Å². The molecule has 2 aromatic carbocycles. The van der Waals surface area contributed by atoms with Gasteiger partial charge in [-0.25, -0.2) is 0 Å². The number of pyridine rings is 1. The SMILES string of the molecule is Clc1ccc(C2=NCCn3c(-c4ccc(Cl)cc4)cc(-c4ccncc4)c32)cc1. The van der Waals surface area contributed by atoms with Crippen LogP contribution in [0.2, 0.25) is 10.0 Å². The van der Waals surface area contributed by atoms with Crippen molar-refractivity contribution in [2.24, 2.45) is 4.99 Å². The van der Waals surface area contributed by atoms with E-state index in [-0.39, 0.29) is 0 Å². The summed E-state index contributed by atoms with van der Waals surface area (Å²) in [7, 11) is 0. The summed E-state index contributed by atoms with van der Waals surface area (Å²) in [5, 5.41) is 1.45. The molecule has 5 heteroatoms. The predicted octanol–water partition coefficient (Wildman–Crippen LogP) is 6.37. The van der Waals surface area contributed by atoms with Crippen molar-refractivity contribution in [2.75, 3.05) is 6.54 Å². The number of aliphatic imine (C=N–C) groups is 1. The second kappa shape index (κ2) is 7.51. The summed E-state index contributed by atoms with van der Waals surface area (Å²) < 4.78 is 2.36. The maximum atomic E-state index is 6.12. The molecule has 3 heterocycles. The van der Waals surface area contributed by atoms with Gasteiger partial charge in [0.1, 0.15) is 0 Å². The Balaban J connectivity index is 1.75. The molecule has 0 bridgehead atoms. The Labute approximate surface area is 179 Å². The van der Waals surface area contributed by atoms with E-state index in [9.17, 15) is 0 Å². The first kappa shape index (κ1) is 18.2. The smallest absolute Gasteiger partial charge is 0.0890 e. The van der Waals surface area contributed by atoms with Gasteiger partial charge in [0.15, 0.2) is 0 Å². The third kappa shape index (κ3) is 3.37. The molecule has 1 aliphatic heterocycles. The van der Waals surface area contributed by atoms with Gasteiger partial charge in [-0.05, 0) is 53.6 Å². The van der Waals surface area contributed by atoms with Crippen molar-refractivity contribution >= 4 is 28.9 Å². The fraction of sp³-hybridized carbons (Fsp3) is 0.0833. The van der Waals surface area contributed by atoms with Gasteiger partial charge in [-0.3, -0.25) is 9.98 Å². The summed E-state index contributed by atoms with van der Waals surface area (Å²) in [6.45, 7) is 1.56. The summed E-state index contributed by atoms with van der Waals surface area (Å²) in [5.74, 6) is 0. The van der Waals surface area contributed by atoms with E-state index in [4.69, 9.17) is 28.2 Å². The van der Waals surface area contributed by atoms with E-state index in [0.717, 1.165) is 62.5 Å². The average molecular weight is 418 g/mol. The normalized spacial score (nSPS) is 13.1. The van der Waals surface area contributed by atoms with Crippen LogP contribution < -0.4 is 0 Å². The zero-order chi connectivity index (χ0) is 19.8. The summed E-state index contributed by atoms with van der Waals surface area (Å²) >= 11 is 12.2. The number of aromatic nitrogens is 2. The first-order valence-corrected chi connectivity index (χ1v) is 10.2. The molecule has 0 saturated heterocycles. The van der Waals surface area contributed by atoms with Crippen molar-refractivity contribution in [3.8, 4) is 22.4 Å². The maximum Gasteiger partial charge on any atom is 0.0890 e. The fourth-order valence-electron chi connectivity index (χ4n) is 3.82. The van der Waals surface area contributed by atoms with Gasteiger partial charge in [-0.15, -0.1) is 0 Å². The number of benzene rings is 2. The molecule has 4 aromatic rings. The molecule has 29 heavy (non-hydrogen) atoms. The highest BCUT2D eigenvalue weighted by Gasteiger charge is 2.25. The lowest BCUT2D eigenvalue weighted by Crippen LogP contribution is -2.20. The second-order valence-electron chi connectivity index (χ2n) is 6.92. The van der Waals surface area contributed by atoms with Crippen molar-refractivity contribution in [2.45, 2.75) is 6.54 Å². The zero-order valence-corrected chi connectivity index (χ0v) is 17.0. The second-order valence-corrected chi connectivity index (χ2v) is 7.80. The standard InChI is InChI=1S/C24H17Cl2N3/c25-19-5-1-17(2-6-19)22-15-21(16-9-11-27-12-10-16)24-23(28-13-14-29(22)24)18-3-7-20(26)8-4-18/h1-12,15H,13-14H2.